The zero-order valence-corrected chi connectivity index (χ0v) is 20.0. The number of hydrogen-bond donors (Lipinski definition) is 1. The van der Waals surface area contributed by atoms with E-state index in [1.807, 2.05) is 21.7 Å². The number of β-amino-alcohol motifs (C(OH)–C–C–N with tert-alkyl or cyclic N) is 1. The van der Waals surface area contributed by atoms with Crippen LogP contribution in [0.15, 0.2) is 36.9 Å². The van der Waals surface area contributed by atoms with Gasteiger partial charge in [0.15, 0.2) is 0 Å². The van der Waals surface area contributed by atoms with Gasteiger partial charge in [-0.25, -0.2) is 9.97 Å². The second-order valence-electron chi connectivity index (χ2n) is 9.86. The quantitative estimate of drug-likeness (QED) is 0.506. The molecule has 4 heterocycles. The van der Waals surface area contributed by atoms with Crippen molar-refractivity contribution >= 4 is 22.6 Å². The lowest BCUT2D eigenvalue weighted by Crippen LogP contribution is -2.46. The highest BCUT2D eigenvalue weighted by Gasteiger charge is 2.34. The second kappa shape index (κ2) is 9.78. The van der Waals surface area contributed by atoms with Crippen LogP contribution in [0.5, 0.6) is 0 Å². The Labute approximate surface area is 206 Å². The lowest BCUT2D eigenvalue weighted by molar-refractivity contribution is -0.141. The van der Waals surface area contributed by atoms with Crippen LogP contribution in [-0.2, 0) is 24.1 Å². The van der Waals surface area contributed by atoms with Gasteiger partial charge in [0, 0.05) is 44.0 Å². The first-order valence-corrected chi connectivity index (χ1v) is 12.2. The minimum absolute atomic E-state index is 0.0416. The summed E-state index contributed by atoms with van der Waals surface area (Å²) in [5, 5.41) is 11.6. The Bertz CT molecular complexity index is 1220. The summed E-state index contributed by atoms with van der Waals surface area (Å²) in [5.41, 5.74) is 0.538. The Morgan fingerprint density at radius 3 is 2.61 bits per heavy atom. The van der Waals surface area contributed by atoms with Crippen molar-refractivity contribution in [1.82, 2.24) is 24.4 Å². The summed E-state index contributed by atoms with van der Waals surface area (Å²) in [4.78, 5) is 28.2. The molecule has 8 nitrogen and oxygen atoms in total. The van der Waals surface area contributed by atoms with Crippen LogP contribution in [0.25, 0.3) is 11.0 Å². The number of halogens is 3. The van der Waals surface area contributed by atoms with Crippen molar-refractivity contribution < 1.29 is 23.1 Å². The molecule has 5 rings (SSSR count). The number of likely N-dealkylation sites (tertiary alicyclic amines) is 1. The van der Waals surface area contributed by atoms with Gasteiger partial charge in [0.25, 0.3) is 0 Å². The molecule has 1 saturated heterocycles. The number of aliphatic hydroxyl groups excluding tert-OH is 1. The highest BCUT2D eigenvalue weighted by Crippen LogP contribution is 2.36. The molecule has 0 amide bonds. The number of hydrogen-bond acceptors (Lipinski definition) is 7. The van der Waals surface area contributed by atoms with Crippen LogP contribution in [-0.4, -0.2) is 67.1 Å². The molecule has 0 bridgehead atoms. The number of ketones is 1. The molecule has 2 fully saturated rings. The topological polar surface area (TPSA) is 87.4 Å². The maximum atomic E-state index is 12.9. The van der Waals surface area contributed by atoms with E-state index in [0.717, 1.165) is 48.7 Å². The van der Waals surface area contributed by atoms with Crippen molar-refractivity contribution in [3.63, 3.8) is 0 Å². The van der Waals surface area contributed by atoms with Crippen LogP contribution in [0.1, 0.15) is 37.4 Å². The highest BCUT2D eigenvalue weighted by molar-refractivity contribution is 5.88. The number of anilines is 1. The van der Waals surface area contributed by atoms with Gasteiger partial charge in [-0.05, 0) is 50.4 Å². The molecule has 3 aromatic heterocycles. The predicted octanol–water partition coefficient (Wildman–Crippen LogP) is 3.29. The number of rotatable bonds is 8. The summed E-state index contributed by atoms with van der Waals surface area (Å²) in [5.74, 6) is 0.881. The summed E-state index contributed by atoms with van der Waals surface area (Å²) >= 11 is 0. The maximum Gasteiger partial charge on any atom is 0.433 e. The molecule has 1 aliphatic heterocycles. The van der Waals surface area contributed by atoms with Crippen LogP contribution >= 0.6 is 0 Å². The minimum atomic E-state index is -4.46. The number of Topliss-reactive ketones (excluding diaryl/α,β-unsaturated/α-hetero) is 1. The Morgan fingerprint density at radius 2 is 1.97 bits per heavy atom. The molecule has 36 heavy (non-hydrogen) atoms. The molecule has 1 saturated carbocycles. The molecular weight excluding hydrogens is 473 g/mol. The Morgan fingerprint density at radius 1 is 1.17 bits per heavy atom. The van der Waals surface area contributed by atoms with E-state index >= 15 is 0 Å². The number of piperidine rings is 1. The molecule has 2 atom stereocenters. The molecule has 1 aliphatic carbocycles. The van der Waals surface area contributed by atoms with Crippen molar-refractivity contribution in [2.45, 2.75) is 57.6 Å². The zero-order valence-electron chi connectivity index (χ0n) is 20.0. The van der Waals surface area contributed by atoms with E-state index in [9.17, 15) is 23.1 Å². The van der Waals surface area contributed by atoms with E-state index < -0.39 is 18.0 Å². The Kier molecular flexibility index (Phi) is 6.69. The van der Waals surface area contributed by atoms with Crippen LogP contribution < -0.4 is 4.90 Å². The van der Waals surface area contributed by atoms with Gasteiger partial charge in [0.2, 0.25) is 0 Å². The fraction of sp³-hybridized carbons (Fsp3) is 0.520. The van der Waals surface area contributed by atoms with Crippen LogP contribution in [0.4, 0.5) is 19.0 Å². The number of carbonyl (C=O) groups excluding carboxylic acids is 1. The number of aliphatic hydroxyl groups is 1. The van der Waals surface area contributed by atoms with Crippen LogP contribution in [0.3, 0.4) is 0 Å². The Hall–Kier alpha value is -3.05. The molecule has 0 spiro atoms. The summed E-state index contributed by atoms with van der Waals surface area (Å²) in [6, 6.07) is 4.71. The molecule has 2 unspecified atom stereocenters. The smallest absolute Gasteiger partial charge is 0.391 e. The van der Waals surface area contributed by atoms with Crippen molar-refractivity contribution in [1.29, 1.82) is 0 Å². The third kappa shape index (κ3) is 5.36. The summed E-state index contributed by atoms with van der Waals surface area (Å²) in [6.07, 6.45) is 2.50. The van der Waals surface area contributed by atoms with Gasteiger partial charge in [-0.2, -0.15) is 13.2 Å². The molecule has 2 aliphatic rings. The fourth-order valence-electron chi connectivity index (χ4n) is 4.98. The molecule has 0 aromatic carbocycles. The molecule has 3 aromatic rings. The lowest BCUT2D eigenvalue weighted by atomic mass is 9.93. The number of aromatic nitrogens is 4. The summed E-state index contributed by atoms with van der Waals surface area (Å²) in [6.45, 7) is 4.15. The first kappa shape index (κ1) is 24.6. The number of nitrogens with zero attached hydrogens (tertiary/aromatic N) is 6. The SMILES string of the molecule is CC(=O)CN1CCC(Cn2ccc3c(N(Cc4ccc(C(F)(F)F)nc4)C4CC4)ncnc32)C(O)C1. The van der Waals surface area contributed by atoms with Crippen molar-refractivity contribution in [2.24, 2.45) is 5.92 Å². The van der Waals surface area contributed by atoms with Crippen LogP contribution in [0.2, 0.25) is 0 Å². The normalized spacial score (nSPS) is 21.1. The van der Waals surface area contributed by atoms with Crippen molar-refractivity contribution in [3.05, 3.63) is 48.2 Å². The third-order valence-electron chi connectivity index (χ3n) is 6.95. The van der Waals surface area contributed by atoms with Gasteiger partial charge in [0.05, 0.1) is 18.0 Å². The Balaban J connectivity index is 1.34. The first-order valence-electron chi connectivity index (χ1n) is 12.2. The number of carbonyl (C=O) groups is 1. The highest BCUT2D eigenvalue weighted by atomic mass is 19.4. The number of fused-ring (bicyclic) bond motifs is 1. The number of alkyl halides is 3. The second-order valence-corrected chi connectivity index (χ2v) is 9.86. The molecule has 11 heteroatoms. The number of pyridine rings is 1. The summed E-state index contributed by atoms with van der Waals surface area (Å²) < 4.78 is 40.7. The summed E-state index contributed by atoms with van der Waals surface area (Å²) in [7, 11) is 0. The van der Waals surface area contributed by atoms with E-state index in [0.29, 0.717) is 31.7 Å². The zero-order chi connectivity index (χ0) is 25.4. The first-order chi connectivity index (χ1) is 17.2. The van der Waals surface area contributed by atoms with E-state index in [2.05, 4.69) is 19.9 Å². The van der Waals surface area contributed by atoms with Gasteiger partial charge in [-0.15, -0.1) is 0 Å². The average molecular weight is 503 g/mol. The van der Waals surface area contributed by atoms with Gasteiger partial charge in [-0.3, -0.25) is 14.7 Å². The lowest BCUT2D eigenvalue weighted by Gasteiger charge is -2.35. The van der Waals surface area contributed by atoms with Gasteiger partial charge in [-0.1, -0.05) is 6.07 Å². The fourth-order valence-corrected chi connectivity index (χ4v) is 4.98. The standard InChI is InChI=1S/C25H29F3N6O2/c1-16(35)11-32-8-6-18(21(36)14-32)13-33-9-7-20-23(33)30-15-31-24(20)34(19-3-4-19)12-17-2-5-22(29-10-17)25(26,27)28/h2,5,7,9-10,15,18-19,21,36H,3-4,6,8,11-14H2,1H3. The van der Waals surface area contributed by atoms with E-state index in [1.165, 1.54) is 18.6 Å². The predicted molar refractivity (Wildman–Crippen MR) is 127 cm³/mol. The molecule has 1 N–H and O–H groups in total. The van der Waals surface area contributed by atoms with E-state index in [-0.39, 0.29) is 17.7 Å². The average Bonchev–Trinajstić information content (AvgIpc) is 3.59. The minimum Gasteiger partial charge on any atom is -0.391 e. The largest absolute Gasteiger partial charge is 0.433 e. The van der Waals surface area contributed by atoms with E-state index in [4.69, 9.17) is 0 Å². The third-order valence-corrected chi connectivity index (χ3v) is 6.95. The molecule has 0 radical (unpaired) electrons. The molecular formula is C25H29F3N6O2. The van der Waals surface area contributed by atoms with Crippen molar-refractivity contribution in [2.75, 3.05) is 24.5 Å². The van der Waals surface area contributed by atoms with Crippen LogP contribution in [0, 0.1) is 5.92 Å². The van der Waals surface area contributed by atoms with Gasteiger partial charge >= 0.3 is 6.18 Å². The van der Waals surface area contributed by atoms with Crippen molar-refractivity contribution in [3.8, 4) is 0 Å². The van der Waals surface area contributed by atoms with Gasteiger partial charge in [0.1, 0.15) is 29.3 Å². The van der Waals surface area contributed by atoms with Gasteiger partial charge < -0.3 is 14.6 Å². The molecule has 192 valence electrons. The maximum absolute atomic E-state index is 12.9. The monoisotopic (exact) mass is 502 g/mol. The van der Waals surface area contributed by atoms with E-state index in [1.54, 1.807) is 6.92 Å².